The predicted molar refractivity (Wildman–Crippen MR) is 100 cm³/mol. The van der Waals surface area contributed by atoms with Gasteiger partial charge in [-0.15, -0.1) is 0 Å². The van der Waals surface area contributed by atoms with Crippen molar-refractivity contribution in [1.82, 2.24) is 19.6 Å². The molecule has 0 aliphatic carbocycles. The summed E-state index contributed by atoms with van der Waals surface area (Å²) in [5, 5.41) is 2.01. The highest BCUT2D eigenvalue weighted by Crippen LogP contribution is 2.29. The van der Waals surface area contributed by atoms with E-state index in [1.807, 2.05) is 30.3 Å². The average molecular weight is 384 g/mol. The Morgan fingerprint density at radius 3 is 2.63 bits per heavy atom. The van der Waals surface area contributed by atoms with E-state index in [2.05, 4.69) is 27.7 Å². The number of nitrogens with one attached hydrogen (secondary N) is 1. The minimum Gasteiger partial charge on any atom is -0.275 e. The molecule has 0 radical (unpaired) electrons. The van der Waals surface area contributed by atoms with E-state index in [4.69, 9.17) is 0 Å². The van der Waals surface area contributed by atoms with Crippen LogP contribution < -0.4 is 5.56 Å². The van der Waals surface area contributed by atoms with Gasteiger partial charge in [-0.05, 0) is 23.8 Å². The number of aromatic nitrogens is 4. The zero-order chi connectivity index (χ0) is 19.0. The number of benzene rings is 2. The maximum Gasteiger partial charge on any atom is 0.274 e. The summed E-state index contributed by atoms with van der Waals surface area (Å²) >= 11 is 4.33. The molecular weight excluding hydrogens is 370 g/mol. The molecule has 1 atom stereocenters. The Hall–Kier alpha value is -3.00. The van der Waals surface area contributed by atoms with Gasteiger partial charge >= 0.3 is 0 Å². The quantitative estimate of drug-likeness (QED) is 0.531. The zero-order valence-electron chi connectivity index (χ0n) is 13.9. The SMILES string of the molecule is O=c1cc(C(S)c2cc(F)ccc2F)nc2nc(Cc3ccccc3)[nH]n12. The first-order valence-electron chi connectivity index (χ1n) is 8.17. The molecule has 0 saturated carbocycles. The van der Waals surface area contributed by atoms with Crippen molar-refractivity contribution in [2.24, 2.45) is 0 Å². The Balaban J connectivity index is 1.73. The van der Waals surface area contributed by atoms with Crippen LogP contribution in [-0.4, -0.2) is 19.6 Å². The fourth-order valence-electron chi connectivity index (χ4n) is 2.83. The Bertz CT molecular complexity index is 1170. The molecule has 8 heteroatoms. The lowest BCUT2D eigenvalue weighted by Gasteiger charge is -2.11. The molecule has 5 nitrogen and oxygen atoms in total. The van der Waals surface area contributed by atoms with Gasteiger partial charge in [-0.3, -0.25) is 9.89 Å². The van der Waals surface area contributed by atoms with Crippen LogP contribution >= 0.6 is 12.6 Å². The van der Waals surface area contributed by atoms with E-state index >= 15 is 0 Å². The first-order valence-corrected chi connectivity index (χ1v) is 8.68. The summed E-state index contributed by atoms with van der Waals surface area (Å²) in [7, 11) is 0. The summed E-state index contributed by atoms with van der Waals surface area (Å²) in [6.45, 7) is 0. The van der Waals surface area contributed by atoms with E-state index in [1.54, 1.807) is 0 Å². The van der Waals surface area contributed by atoms with Gasteiger partial charge in [0, 0.05) is 18.1 Å². The second-order valence-electron chi connectivity index (χ2n) is 6.06. The molecule has 0 fully saturated rings. The molecule has 1 unspecified atom stereocenters. The van der Waals surface area contributed by atoms with Crippen LogP contribution in [0.3, 0.4) is 0 Å². The maximum absolute atomic E-state index is 14.0. The topological polar surface area (TPSA) is 63.0 Å². The summed E-state index contributed by atoms with van der Waals surface area (Å²) in [6.07, 6.45) is 0.502. The summed E-state index contributed by atoms with van der Waals surface area (Å²) in [5.41, 5.74) is 0.830. The molecule has 2 heterocycles. The number of halogens is 2. The molecule has 0 aliphatic heterocycles. The van der Waals surface area contributed by atoms with Gasteiger partial charge < -0.3 is 0 Å². The molecule has 2 aromatic heterocycles. The van der Waals surface area contributed by atoms with E-state index in [9.17, 15) is 13.6 Å². The Labute approximate surface area is 158 Å². The van der Waals surface area contributed by atoms with Crippen molar-refractivity contribution in [3.8, 4) is 0 Å². The van der Waals surface area contributed by atoms with Crippen molar-refractivity contribution in [1.29, 1.82) is 0 Å². The lowest BCUT2D eigenvalue weighted by Crippen LogP contribution is -2.17. The monoisotopic (exact) mass is 384 g/mol. The van der Waals surface area contributed by atoms with Crippen molar-refractivity contribution in [3.05, 3.63) is 99.2 Å². The van der Waals surface area contributed by atoms with Crippen molar-refractivity contribution in [2.75, 3.05) is 0 Å². The predicted octanol–water partition coefficient (Wildman–Crippen LogP) is 3.31. The molecular formula is C19H14F2N4OS. The Morgan fingerprint density at radius 1 is 1.07 bits per heavy atom. The van der Waals surface area contributed by atoms with Gasteiger partial charge in [-0.2, -0.15) is 22.1 Å². The minimum atomic E-state index is -0.896. The maximum atomic E-state index is 14.0. The van der Waals surface area contributed by atoms with Crippen LogP contribution in [0, 0.1) is 11.6 Å². The highest BCUT2D eigenvalue weighted by atomic mass is 32.1. The average Bonchev–Trinajstić information content (AvgIpc) is 3.07. The number of aromatic amines is 1. The third-order valence-corrected chi connectivity index (χ3v) is 4.69. The molecule has 0 amide bonds. The van der Waals surface area contributed by atoms with Crippen molar-refractivity contribution < 1.29 is 8.78 Å². The van der Waals surface area contributed by atoms with Gasteiger partial charge in [0.1, 0.15) is 17.5 Å². The van der Waals surface area contributed by atoms with E-state index in [0.29, 0.717) is 12.2 Å². The highest BCUT2D eigenvalue weighted by molar-refractivity contribution is 7.80. The van der Waals surface area contributed by atoms with Crippen LogP contribution in [0.4, 0.5) is 8.78 Å². The van der Waals surface area contributed by atoms with Crippen molar-refractivity contribution in [2.45, 2.75) is 11.7 Å². The van der Waals surface area contributed by atoms with Crippen LogP contribution in [0.1, 0.15) is 27.9 Å². The molecule has 0 spiro atoms. The second kappa shape index (κ2) is 6.96. The molecule has 2 aromatic carbocycles. The van der Waals surface area contributed by atoms with Crippen LogP contribution in [0.15, 0.2) is 59.4 Å². The molecule has 136 valence electrons. The number of rotatable bonds is 4. The van der Waals surface area contributed by atoms with Gasteiger partial charge in [0.2, 0.25) is 0 Å². The fourth-order valence-corrected chi connectivity index (χ4v) is 3.16. The molecule has 0 saturated heterocycles. The van der Waals surface area contributed by atoms with Gasteiger partial charge in [0.15, 0.2) is 0 Å². The minimum absolute atomic E-state index is 0.00891. The third-order valence-electron chi connectivity index (χ3n) is 4.14. The van der Waals surface area contributed by atoms with Crippen molar-refractivity contribution in [3.63, 3.8) is 0 Å². The number of thiol groups is 1. The van der Waals surface area contributed by atoms with Crippen molar-refractivity contribution >= 4 is 18.4 Å². The normalized spacial score (nSPS) is 12.4. The second-order valence-corrected chi connectivity index (χ2v) is 6.57. The zero-order valence-corrected chi connectivity index (χ0v) is 14.8. The van der Waals surface area contributed by atoms with E-state index in [-0.39, 0.29) is 17.0 Å². The Morgan fingerprint density at radius 2 is 1.85 bits per heavy atom. The lowest BCUT2D eigenvalue weighted by atomic mass is 10.1. The molecule has 27 heavy (non-hydrogen) atoms. The number of hydrogen-bond donors (Lipinski definition) is 2. The highest BCUT2D eigenvalue weighted by Gasteiger charge is 2.19. The van der Waals surface area contributed by atoms with Crippen LogP contribution in [-0.2, 0) is 6.42 Å². The molecule has 4 aromatic rings. The third kappa shape index (κ3) is 3.48. The fraction of sp³-hybridized carbons (Fsp3) is 0.105. The van der Waals surface area contributed by atoms with Gasteiger partial charge in [0.25, 0.3) is 11.3 Å². The van der Waals surface area contributed by atoms with Gasteiger partial charge in [-0.25, -0.2) is 13.8 Å². The Kier molecular flexibility index (Phi) is 4.49. The smallest absolute Gasteiger partial charge is 0.274 e. The summed E-state index contributed by atoms with van der Waals surface area (Å²) in [4.78, 5) is 21.0. The number of hydrogen-bond acceptors (Lipinski definition) is 4. The van der Waals surface area contributed by atoms with Crippen LogP contribution in [0.2, 0.25) is 0 Å². The number of H-pyrrole nitrogens is 1. The summed E-state index contributed by atoms with van der Waals surface area (Å²) < 4.78 is 28.7. The molecule has 4 rings (SSSR count). The summed E-state index contributed by atoms with van der Waals surface area (Å²) in [5.74, 6) is -0.492. The van der Waals surface area contributed by atoms with Gasteiger partial charge in [0.05, 0.1) is 10.9 Å². The first-order chi connectivity index (χ1) is 13.0. The number of fused-ring (bicyclic) bond motifs is 1. The largest absolute Gasteiger partial charge is 0.275 e. The molecule has 0 bridgehead atoms. The number of nitrogens with zero attached hydrogens (tertiary/aromatic N) is 3. The van der Waals surface area contributed by atoms with Crippen LogP contribution in [0.5, 0.6) is 0 Å². The first kappa shape index (κ1) is 17.4. The van der Waals surface area contributed by atoms with E-state index in [1.165, 1.54) is 10.6 Å². The van der Waals surface area contributed by atoms with Gasteiger partial charge in [-0.1, -0.05) is 30.3 Å². The standard InChI is InChI=1S/C19H14F2N4OS/c20-12-6-7-14(21)13(9-12)18(27)15-10-17(26)25-19(22-15)23-16(24-25)8-11-4-2-1-3-5-11/h1-7,9-10,18,27H,8H2,(H,22,23,24). The van der Waals surface area contributed by atoms with E-state index < -0.39 is 22.4 Å². The molecule has 1 N–H and O–H groups in total. The molecule has 0 aliphatic rings. The van der Waals surface area contributed by atoms with Crippen LogP contribution in [0.25, 0.3) is 5.78 Å². The summed E-state index contributed by atoms with van der Waals surface area (Å²) in [6, 6.07) is 14.0. The lowest BCUT2D eigenvalue weighted by molar-refractivity contribution is 0.587. The van der Waals surface area contributed by atoms with E-state index in [0.717, 1.165) is 23.8 Å².